The van der Waals surface area contributed by atoms with Crippen LogP contribution in [0, 0.1) is 0 Å². The number of thiol groups is 1. The monoisotopic (exact) mass is 181 g/mol. The fourth-order valence-corrected chi connectivity index (χ4v) is 1.27. The van der Waals surface area contributed by atoms with Gasteiger partial charge in [0.1, 0.15) is 5.75 Å². The largest absolute Gasteiger partial charge is 0.482 e. The van der Waals surface area contributed by atoms with Crippen molar-refractivity contribution in [3.8, 4) is 5.75 Å². The van der Waals surface area contributed by atoms with E-state index in [0.717, 1.165) is 4.90 Å². The summed E-state index contributed by atoms with van der Waals surface area (Å²) in [4.78, 5) is 11.7. The second-order valence-corrected chi connectivity index (χ2v) is 3.03. The number of benzene rings is 1. The van der Waals surface area contributed by atoms with Crippen molar-refractivity contribution in [3.63, 3.8) is 0 Å². The molecule has 0 bridgehead atoms. The Morgan fingerprint density at radius 1 is 1.50 bits per heavy atom. The second-order valence-electron chi connectivity index (χ2n) is 2.52. The molecule has 1 amide bonds. The van der Waals surface area contributed by atoms with Gasteiger partial charge >= 0.3 is 0 Å². The van der Waals surface area contributed by atoms with Gasteiger partial charge in [-0.2, -0.15) is 0 Å². The van der Waals surface area contributed by atoms with Crippen LogP contribution >= 0.6 is 12.6 Å². The lowest BCUT2D eigenvalue weighted by Gasteiger charge is -2.17. The van der Waals surface area contributed by atoms with Gasteiger partial charge in [-0.25, -0.2) is 0 Å². The molecule has 1 aromatic rings. The van der Waals surface area contributed by atoms with E-state index in [9.17, 15) is 4.79 Å². The van der Waals surface area contributed by atoms with E-state index in [0.29, 0.717) is 11.4 Å². The van der Waals surface area contributed by atoms with Crippen LogP contribution < -0.4 is 10.1 Å². The molecule has 2 rings (SSSR count). The lowest BCUT2D eigenvalue weighted by atomic mass is 10.2. The number of anilines is 1. The fourth-order valence-electron chi connectivity index (χ4n) is 1.07. The molecular weight excluding hydrogens is 174 g/mol. The van der Waals surface area contributed by atoms with E-state index in [1.807, 2.05) is 6.07 Å². The molecule has 0 spiro atoms. The van der Waals surface area contributed by atoms with E-state index >= 15 is 0 Å². The van der Waals surface area contributed by atoms with Crippen LogP contribution in [0.5, 0.6) is 5.75 Å². The first-order valence-electron chi connectivity index (χ1n) is 3.51. The molecule has 0 unspecified atom stereocenters. The van der Waals surface area contributed by atoms with Gasteiger partial charge in [-0.3, -0.25) is 4.79 Å². The molecule has 0 saturated carbocycles. The highest BCUT2D eigenvalue weighted by Crippen LogP contribution is 2.29. The number of rotatable bonds is 0. The zero-order chi connectivity index (χ0) is 8.55. The summed E-state index contributed by atoms with van der Waals surface area (Å²) in [5.41, 5.74) is 0.693. The van der Waals surface area contributed by atoms with E-state index in [2.05, 4.69) is 17.9 Å². The van der Waals surface area contributed by atoms with E-state index in [4.69, 9.17) is 4.74 Å². The minimum Gasteiger partial charge on any atom is -0.482 e. The number of amides is 1. The van der Waals surface area contributed by atoms with Crippen LogP contribution in [0.2, 0.25) is 0 Å². The maximum absolute atomic E-state index is 10.9. The third-order valence-corrected chi connectivity index (χ3v) is 1.87. The standard InChI is InChI=1S/C8H7NO2S/c10-8-4-11-7-2-1-5(12)3-6(7)9-8/h1-3,12H,4H2,(H,9,10). The smallest absolute Gasteiger partial charge is 0.262 e. The summed E-state index contributed by atoms with van der Waals surface area (Å²) in [6.07, 6.45) is 0. The van der Waals surface area contributed by atoms with Gasteiger partial charge in [-0.05, 0) is 18.2 Å². The molecule has 0 saturated heterocycles. The summed E-state index contributed by atoms with van der Waals surface area (Å²) in [5.74, 6) is 0.578. The van der Waals surface area contributed by atoms with Gasteiger partial charge in [0.05, 0.1) is 5.69 Å². The molecule has 62 valence electrons. The van der Waals surface area contributed by atoms with E-state index in [-0.39, 0.29) is 12.5 Å². The van der Waals surface area contributed by atoms with Gasteiger partial charge in [0, 0.05) is 4.90 Å². The van der Waals surface area contributed by atoms with Gasteiger partial charge in [-0.1, -0.05) is 0 Å². The first kappa shape index (κ1) is 7.49. The van der Waals surface area contributed by atoms with Gasteiger partial charge in [0.2, 0.25) is 0 Å². The Bertz CT molecular complexity index is 338. The molecule has 0 aliphatic carbocycles. The van der Waals surface area contributed by atoms with E-state index in [1.165, 1.54) is 0 Å². The number of carbonyl (C=O) groups is 1. The zero-order valence-electron chi connectivity index (χ0n) is 6.20. The summed E-state index contributed by atoms with van der Waals surface area (Å²) >= 11 is 4.14. The molecule has 12 heavy (non-hydrogen) atoms. The average molecular weight is 181 g/mol. The summed E-state index contributed by atoms with van der Waals surface area (Å²) < 4.78 is 5.14. The Morgan fingerprint density at radius 3 is 3.17 bits per heavy atom. The number of carbonyl (C=O) groups excluding carboxylic acids is 1. The molecule has 1 aliphatic rings. The minimum absolute atomic E-state index is 0.0961. The molecule has 1 aromatic carbocycles. The third kappa shape index (κ3) is 1.25. The summed E-state index contributed by atoms with van der Waals surface area (Å²) in [7, 11) is 0. The molecule has 0 fully saturated rings. The highest BCUT2D eigenvalue weighted by molar-refractivity contribution is 7.80. The Hall–Kier alpha value is -1.16. The molecule has 0 radical (unpaired) electrons. The van der Waals surface area contributed by atoms with Crippen molar-refractivity contribution in [2.75, 3.05) is 11.9 Å². The summed E-state index contributed by atoms with van der Waals surface area (Å²) in [6, 6.07) is 5.37. The highest BCUT2D eigenvalue weighted by Gasteiger charge is 2.14. The average Bonchev–Trinajstić information content (AvgIpc) is 2.03. The van der Waals surface area contributed by atoms with Crippen LogP contribution in [-0.4, -0.2) is 12.5 Å². The van der Waals surface area contributed by atoms with E-state index < -0.39 is 0 Å². The van der Waals surface area contributed by atoms with Crippen molar-refractivity contribution in [1.82, 2.24) is 0 Å². The fraction of sp³-hybridized carbons (Fsp3) is 0.125. The zero-order valence-corrected chi connectivity index (χ0v) is 7.10. The summed E-state index contributed by atoms with van der Waals surface area (Å²) in [6.45, 7) is 0.0961. The predicted molar refractivity (Wildman–Crippen MR) is 47.8 cm³/mol. The van der Waals surface area contributed by atoms with Crippen molar-refractivity contribution < 1.29 is 9.53 Å². The van der Waals surface area contributed by atoms with Crippen LogP contribution in [0.3, 0.4) is 0 Å². The molecule has 0 atom stereocenters. The number of fused-ring (bicyclic) bond motifs is 1. The van der Waals surface area contributed by atoms with Crippen molar-refractivity contribution >= 4 is 24.2 Å². The van der Waals surface area contributed by atoms with Crippen LogP contribution in [-0.2, 0) is 4.79 Å². The van der Waals surface area contributed by atoms with Crippen molar-refractivity contribution in [2.45, 2.75) is 4.90 Å². The van der Waals surface area contributed by atoms with Gasteiger partial charge in [0.15, 0.2) is 6.61 Å². The minimum atomic E-state index is -0.124. The lowest BCUT2D eigenvalue weighted by molar-refractivity contribution is -0.118. The first-order valence-corrected chi connectivity index (χ1v) is 3.96. The van der Waals surface area contributed by atoms with Gasteiger partial charge in [-0.15, -0.1) is 12.6 Å². The van der Waals surface area contributed by atoms with Crippen molar-refractivity contribution in [2.24, 2.45) is 0 Å². The van der Waals surface area contributed by atoms with Crippen molar-refractivity contribution in [1.29, 1.82) is 0 Å². The number of nitrogens with one attached hydrogen (secondary N) is 1. The Balaban J connectivity index is 2.44. The third-order valence-electron chi connectivity index (χ3n) is 1.60. The molecule has 1 N–H and O–H groups in total. The maximum Gasteiger partial charge on any atom is 0.262 e. The predicted octanol–water partition coefficient (Wildman–Crippen LogP) is 1.31. The second kappa shape index (κ2) is 2.71. The van der Waals surface area contributed by atoms with Crippen LogP contribution in [0.15, 0.2) is 23.1 Å². The Labute approximate surface area is 75.1 Å². The molecule has 4 heteroatoms. The lowest BCUT2D eigenvalue weighted by Crippen LogP contribution is -2.25. The normalized spacial score (nSPS) is 14.6. The number of hydrogen-bond donors (Lipinski definition) is 2. The Morgan fingerprint density at radius 2 is 2.33 bits per heavy atom. The van der Waals surface area contributed by atoms with Gasteiger partial charge < -0.3 is 10.1 Å². The topological polar surface area (TPSA) is 38.3 Å². The number of hydrogen-bond acceptors (Lipinski definition) is 3. The molecule has 1 heterocycles. The van der Waals surface area contributed by atoms with Crippen molar-refractivity contribution in [3.05, 3.63) is 18.2 Å². The van der Waals surface area contributed by atoms with E-state index in [1.54, 1.807) is 12.1 Å². The maximum atomic E-state index is 10.9. The molecule has 1 aliphatic heterocycles. The van der Waals surface area contributed by atoms with Crippen LogP contribution in [0.1, 0.15) is 0 Å². The Kier molecular flexibility index (Phi) is 1.69. The van der Waals surface area contributed by atoms with Gasteiger partial charge in [0.25, 0.3) is 5.91 Å². The molecular formula is C8H7NO2S. The highest BCUT2D eigenvalue weighted by atomic mass is 32.1. The quantitative estimate of drug-likeness (QED) is 0.592. The molecule has 3 nitrogen and oxygen atoms in total. The SMILES string of the molecule is O=C1COc2ccc(S)cc2N1. The van der Waals surface area contributed by atoms with Crippen LogP contribution in [0.25, 0.3) is 0 Å². The molecule has 0 aromatic heterocycles. The van der Waals surface area contributed by atoms with Crippen LogP contribution in [0.4, 0.5) is 5.69 Å². The summed E-state index contributed by atoms with van der Waals surface area (Å²) in [5, 5.41) is 2.69. The first-order chi connectivity index (χ1) is 5.75. The number of ether oxygens (including phenoxy) is 1.